The molecule has 1 atom stereocenters. The molecule has 0 aliphatic carbocycles. The number of hydrogen-bond donors (Lipinski definition) is 1. The van der Waals surface area contributed by atoms with Crippen LogP contribution >= 0.6 is 0 Å². The highest BCUT2D eigenvalue weighted by Crippen LogP contribution is 2.09. The van der Waals surface area contributed by atoms with E-state index in [0.29, 0.717) is 0 Å². The maximum atomic E-state index is 10.9. The molecule has 0 aromatic carbocycles. The number of aliphatic carboxylic acids is 1. The van der Waals surface area contributed by atoms with E-state index in [2.05, 4.69) is 16.7 Å². The van der Waals surface area contributed by atoms with Crippen molar-refractivity contribution in [3.8, 4) is 0 Å². The summed E-state index contributed by atoms with van der Waals surface area (Å²) in [5.41, 5.74) is 0. The van der Waals surface area contributed by atoms with Crippen LogP contribution in [0.1, 0.15) is 46.0 Å². The Morgan fingerprint density at radius 3 is 2.28 bits per heavy atom. The standard InChI is InChI=1S/C14H28N2O2/c1-3-4-5-6-7-8-15-9-11-16(12-10-15)13(2)14(17)18/h13H,3-12H2,1-2H3,(H,17,18). The average molecular weight is 256 g/mol. The summed E-state index contributed by atoms with van der Waals surface area (Å²) in [6, 6.07) is -0.336. The van der Waals surface area contributed by atoms with E-state index in [1.165, 1.54) is 38.6 Å². The maximum Gasteiger partial charge on any atom is 0.320 e. The summed E-state index contributed by atoms with van der Waals surface area (Å²) in [7, 11) is 0. The predicted octanol–water partition coefficient (Wildman–Crippen LogP) is 2.05. The van der Waals surface area contributed by atoms with Gasteiger partial charge in [-0.2, -0.15) is 0 Å². The Kier molecular flexibility index (Phi) is 7.28. The monoisotopic (exact) mass is 256 g/mol. The van der Waals surface area contributed by atoms with E-state index < -0.39 is 5.97 Å². The van der Waals surface area contributed by atoms with E-state index in [9.17, 15) is 4.79 Å². The summed E-state index contributed by atoms with van der Waals surface area (Å²) in [6.07, 6.45) is 6.62. The van der Waals surface area contributed by atoms with Crippen LogP contribution in [-0.2, 0) is 4.79 Å². The summed E-state index contributed by atoms with van der Waals surface area (Å²) < 4.78 is 0. The Morgan fingerprint density at radius 1 is 1.11 bits per heavy atom. The van der Waals surface area contributed by atoms with Crippen LogP contribution in [0.4, 0.5) is 0 Å². The van der Waals surface area contributed by atoms with Gasteiger partial charge in [0.1, 0.15) is 6.04 Å². The van der Waals surface area contributed by atoms with Crippen LogP contribution in [0.5, 0.6) is 0 Å². The van der Waals surface area contributed by atoms with Crippen LogP contribution in [0, 0.1) is 0 Å². The third kappa shape index (κ3) is 5.36. The molecule has 1 heterocycles. The first-order chi connectivity index (χ1) is 8.65. The SMILES string of the molecule is CCCCCCCN1CCN(C(C)C(=O)O)CC1. The van der Waals surface area contributed by atoms with Crippen molar-refractivity contribution in [2.75, 3.05) is 32.7 Å². The number of carboxylic acid groups (broad SMARTS) is 1. The fourth-order valence-electron chi connectivity index (χ4n) is 2.47. The Hall–Kier alpha value is -0.610. The fraction of sp³-hybridized carbons (Fsp3) is 0.929. The molecule has 18 heavy (non-hydrogen) atoms. The minimum atomic E-state index is -0.706. The molecule has 1 rings (SSSR count). The quantitative estimate of drug-likeness (QED) is 0.675. The molecule has 1 fully saturated rings. The van der Waals surface area contributed by atoms with Crippen LogP contribution in [0.15, 0.2) is 0 Å². The van der Waals surface area contributed by atoms with E-state index in [0.717, 1.165) is 26.2 Å². The number of carboxylic acids is 1. The number of piperazine rings is 1. The average Bonchev–Trinajstić information content (AvgIpc) is 2.38. The van der Waals surface area contributed by atoms with Crippen molar-refractivity contribution in [2.45, 2.75) is 52.0 Å². The second-order valence-corrected chi connectivity index (χ2v) is 5.31. The molecule has 1 aliphatic heterocycles. The summed E-state index contributed by atoms with van der Waals surface area (Å²) in [5.74, 6) is -0.706. The molecule has 1 N–H and O–H groups in total. The third-order valence-corrected chi connectivity index (χ3v) is 3.89. The number of nitrogens with zero attached hydrogens (tertiary/aromatic N) is 2. The first-order valence-corrected chi connectivity index (χ1v) is 7.34. The molecule has 0 spiro atoms. The predicted molar refractivity (Wildman–Crippen MR) is 73.9 cm³/mol. The molecule has 1 aliphatic rings. The van der Waals surface area contributed by atoms with Crippen LogP contribution < -0.4 is 0 Å². The molecular weight excluding hydrogens is 228 g/mol. The minimum Gasteiger partial charge on any atom is -0.480 e. The Labute approximate surface area is 111 Å². The van der Waals surface area contributed by atoms with Gasteiger partial charge in [-0.05, 0) is 19.9 Å². The van der Waals surface area contributed by atoms with E-state index in [-0.39, 0.29) is 6.04 Å². The molecule has 0 aromatic heterocycles. The lowest BCUT2D eigenvalue weighted by atomic mass is 10.1. The van der Waals surface area contributed by atoms with Gasteiger partial charge in [-0.15, -0.1) is 0 Å². The summed E-state index contributed by atoms with van der Waals surface area (Å²) in [5, 5.41) is 8.97. The zero-order chi connectivity index (χ0) is 13.4. The lowest BCUT2D eigenvalue weighted by molar-refractivity contribution is -0.143. The van der Waals surface area contributed by atoms with Gasteiger partial charge in [0.15, 0.2) is 0 Å². The number of hydrogen-bond acceptors (Lipinski definition) is 3. The van der Waals surface area contributed by atoms with Gasteiger partial charge in [-0.1, -0.05) is 32.6 Å². The second kappa shape index (κ2) is 8.48. The zero-order valence-electron chi connectivity index (χ0n) is 11.9. The Balaban J connectivity index is 2.10. The molecule has 0 radical (unpaired) electrons. The van der Waals surface area contributed by atoms with Gasteiger partial charge in [0.25, 0.3) is 0 Å². The Morgan fingerprint density at radius 2 is 1.72 bits per heavy atom. The van der Waals surface area contributed by atoms with E-state index in [4.69, 9.17) is 5.11 Å². The van der Waals surface area contributed by atoms with Gasteiger partial charge < -0.3 is 10.0 Å². The zero-order valence-corrected chi connectivity index (χ0v) is 11.9. The molecule has 0 aromatic rings. The van der Waals surface area contributed by atoms with Gasteiger partial charge in [0.2, 0.25) is 0 Å². The second-order valence-electron chi connectivity index (χ2n) is 5.31. The van der Waals surface area contributed by atoms with Crippen molar-refractivity contribution < 1.29 is 9.90 Å². The summed E-state index contributed by atoms with van der Waals surface area (Å²) in [6.45, 7) is 9.02. The highest BCUT2D eigenvalue weighted by molar-refractivity contribution is 5.72. The fourth-order valence-corrected chi connectivity index (χ4v) is 2.47. The van der Waals surface area contributed by atoms with Gasteiger partial charge in [0, 0.05) is 26.2 Å². The highest BCUT2D eigenvalue weighted by atomic mass is 16.4. The van der Waals surface area contributed by atoms with E-state index >= 15 is 0 Å². The Bertz CT molecular complexity index is 238. The van der Waals surface area contributed by atoms with E-state index in [1.54, 1.807) is 6.92 Å². The maximum absolute atomic E-state index is 10.9. The molecule has 1 unspecified atom stereocenters. The molecule has 0 saturated carbocycles. The molecule has 0 bridgehead atoms. The molecule has 4 nitrogen and oxygen atoms in total. The lowest BCUT2D eigenvalue weighted by Gasteiger charge is -2.36. The summed E-state index contributed by atoms with van der Waals surface area (Å²) >= 11 is 0. The van der Waals surface area contributed by atoms with Crippen molar-refractivity contribution in [1.29, 1.82) is 0 Å². The topological polar surface area (TPSA) is 43.8 Å². The normalized spacial score (nSPS) is 19.9. The molecular formula is C14H28N2O2. The highest BCUT2D eigenvalue weighted by Gasteiger charge is 2.24. The van der Waals surface area contributed by atoms with Crippen molar-refractivity contribution >= 4 is 5.97 Å². The number of carbonyl (C=O) groups is 1. The van der Waals surface area contributed by atoms with Crippen LogP contribution in [-0.4, -0.2) is 59.6 Å². The largest absolute Gasteiger partial charge is 0.480 e. The number of unbranched alkanes of at least 4 members (excludes halogenated alkanes) is 4. The van der Waals surface area contributed by atoms with Gasteiger partial charge in [0.05, 0.1) is 0 Å². The molecule has 4 heteroatoms. The van der Waals surface area contributed by atoms with E-state index in [1.807, 2.05) is 0 Å². The summed E-state index contributed by atoms with van der Waals surface area (Å²) in [4.78, 5) is 15.4. The first kappa shape index (κ1) is 15.4. The van der Waals surface area contributed by atoms with Crippen molar-refractivity contribution in [3.63, 3.8) is 0 Å². The van der Waals surface area contributed by atoms with Crippen LogP contribution in [0.2, 0.25) is 0 Å². The van der Waals surface area contributed by atoms with Gasteiger partial charge in [-0.25, -0.2) is 0 Å². The molecule has 0 amide bonds. The third-order valence-electron chi connectivity index (χ3n) is 3.89. The van der Waals surface area contributed by atoms with Crippen molar-refractivity contribution in [3.05, 3.63) is 0 Å². The van der Waals surface area contributed by atoms with Gasteiger partial charge in [-0.3, -0.25) is 9.69 Å². The smallest absolute Gasteiger partial charge is 0.320 e. The van der Waals surface area contributed by atoms with Crippen LogP contribution in [0.25, 0.3) is 0 Å². The van der Waals surface area contributed by atoms with Crippen LogP contribution in [0.3, 0.4) is 0 Å². The van der Waals surface area contributed by atoms with Crippen molar-refractivity contribution in [2.24, 2.45) is 0 Å². The molecule has 1 saturated heterocycles. The minimum absolute atomic E-state index is 0.336. The van der Waals surface area contributed by atoms with Gasteiger partial charge >= 0.3 is 5.97 Å². The molecule has 106 valence electrons. The first-order valence-electron chi connectivity index (χ1n) is 7.34. The lowest BCUT2D eigenvalue weighted by Crippen LogP contribution is -2.51. The number of rotatable bonds is 8. The van der Waals surface area contributed by atoms with Crippen molar-refractivity contribution in [1.82, 2.24) is 9.80 Å².